The molecule has 3 heterocycles. The van der Waals surface area contributed by atoms with Crippen LogP contribution in [-0.2, 0) is 10.0 Å². The second-order valence-electron chi connectivity index (χ2n) is 7.27. The summed E-state index contributed by atoms with van der Waals surface area (Å²) in [7, 11) is -0.919. The van der Waals surface area contributed by atoms with Gasteiger partial charge < -0.3 is 10.1 Å². The number of methoxy groups -OCH3 is 1. The van der Waals surface area contributed by atoms with Gasteiger partial charge in [-0.1, -0.05) is 17.7 Å². The lowest BCUT2D eigenvalue weighted by molar-refractivity contribution is 0.385. The van der Waals surface area contributed by atoms with Crippen molar-refractivity contribution in [3.63, 3.8) is 0 Å². The van der Waals surface area contributed by atoms with Crippen LogP contribution in [-0.4, -0.2) is 42.5 Å². The molecule has 0 saturated carbocycles. The van der Waals surface area contributed by atoms with E-state index in [1.165, 1.54) is 19.4 Å². The Hall–Kier alpha value is -3.50. The molecule has 11 heteroatoms. The van der Waals surface area contributed by atoms with Crippen molar-refractivity contribution in [2.45, 2.75) is 18.7 Å². The Morgan fingerprint density at radius 3 is 2.52 bits per heavy atom. The first-order valence-electron chi connectivity index (χ1n) is 9.87. The smallest absolute Gasteiger partial charge is 0.267 e. The number of fused-ring (bicyclic) bond motifs is 1. The van der Waals surface area contributed by atoms with Crippen LogP contribution in [0.25, 0.3) is 22.2 Å². The predicted molar refractivity (Wildman–Crippen MR) is 128 cm³/mol. The fraction of sp³-hybridized carbons (Fsp3) is 0.182. The van der Waals surface area contributed by atoms with E-state index >= 15 is 0 Å². The fourth-order valence-corrected chi connectivity index (χ4v) is 4.80. The topological polar surface area (TPSA) is 119 Å². The van der Waals surface area contributed by atoms with Crippen molar-refractivity contribution in [3.05, 3.63) is 59.0 Å². The van der Waals surface area contributed by atoms with Gasteiger partial charge in [0, 0.05) is 41.8 Å². The van der Waals surface area contributed by atoms with Crippen molar-refractivity contribution in [2.24, 2.45) is 0 Å². The molecule has 2 N–H and O–H groups in total. The van der Waals surface area contributed by atoms with Crippen molar-refractivity contribution < 1.29 is 13.2 Å². The summed E-state index contributed by atoms with van der Waals surface area (Å²) >= 11 is 5.96. The van der Waals surface area contributed by atoms with Crippen LogP contribution in [0.15, 0.2) is 47.6 Å². The van der Waals surface area contributed by atoms with E-state index in [1.54, 1.807) is 25.4 Å². The number of rotatable bonds is 6. The summed E-state index contributed by atoms with van der Waals surface area (Å²) in [4.78, 5) is 17.0. The Kier molecular flexibility index (Phi) is 6.05. The molecule has 0 bridgehead atoms. The lowest BCUT2D eigenvalue weighted by atomic mass is 9.98. The van der Waals surface area contributed by atoms with E-state index in [2.05, 4.69) is 30.0 Å². The molecule has 0 atom stereocenters. The van der Waals surface area contributed by atoms with Crippen molar-refractivity contribution in [1.82, 2.24) is 19.9 Å². The Balaban J connectivity index is 1.76. The minimum absolute atomic E-state index is 0.0465. The molecular formula is C22H21ClN6O3S. The van der Waals surface area contributed by atoms with E-state index in [-0.39, 0.29) is 15.8 Å². The number of benzene rings is 1. The number of hydrogen-bond acceptors (Lipinski definition) is 8. The molecule has 0 aliphatic carbocycles. The molecule has 9 nitrogen and oxygen atoms in total. The van der Waals surface area contributed by atoms with Crippen LogP contribution < -0.4 is 14.8 Å². The van der Waals surface area contributed by atoms with Gasteiger partial charge in [0.25, 0.3) is 10.0 Å². The number of pyridine rings is 2. The first-order valence-corrected chi connectivity index (χ1v) is 11.7. The number of nitrogens with zero attached hydrogens (tertiary/aromatic N) is 4. The minimum atomic E-state index is -4.01. The Morgan fingerprint density at radius 2 is 1.79 bits per heavy atom. The second-order valence-corrected chi connectivity index (χ2v) is 9.36. The van der Waals surface area contributed by atoms with Gasteiger partial charge in [0.1, 0.15) is 0 Å². The number of hydrogen-bond donors (Lipinski definition) is 2. The summed E-state index contributed by atoms with van der Waals surface area (Å²) in [6.07, 6.45) is 3.02. The normalized spacial score (nSPS) is 11.4. The van der Waals surface area contributed by atoms with Crippen LogP contribution in [0.3, 0.4) is 0 Å². The minimum Gasteiger partial charge on any atom is -0.480 e. The number of aromatic nitrogens is 4. The van der Waals surface area contributed by atoms with Crippen molar-refractivity contribution >= 4 is 44.3 Å². The molecule has 0 amide bonds. The standard InChI is InChI=1S/C22H21ClN6O3S/c1-12-5-6-16(29-33(30,31)19-8-15(23)11-25-21(19)32-4)9-17(12)18-7-14-10-26-22(24-3)28-20(14)27-13(18)2/h5-11,29H,1-4H3,(H,24,26,27,28). The third-order valence-electron chi connectivity index (χ3n) is 5.03. The maximum absolute atomic E-state index is 13.0. The van der Waals surface area contributed by atoms with Crippen LogP contribution in [0.1, 0.15) is 11.3 Å². The molecule has 3 aromatic heterocycles. The van der Waals surface area contributed by atoms with E-state index in [9.17, 15) is 8.42 Å². The Bertz CT molecular complexity index is 1480. The number of sulfonamides is 1. The molecule has 0 aliphatic heterocycles. The van der Waals surface area contributed by atoms with Crippen LogP contribution in [0.2, 0.25) is 5.02 Å². The molecule has 170 valence electrons. The van der Waals surface area contributed by atoms with Crippen LogP contribution >= 0.6 is 11.6 Å². The number of halogens is 1. The number of ether oxygens (including phenoxy) is 1. The summed E-state index contributed by atoms with van der Waals surface area (Å²) < 4.78 is 33.8. The summed E-state index contributed by atoms with van der Waals surface area (Å²) in [5, 5.41) is 3.85. The SMILES string of the molecule is CNc1ncc2cc(-c3cc(NS(=O)(=O)c4cc(Cl)cnc4OC)ccc3C)c(C)nc2n1. The summed E-state index contributed by atoms with van der Waals surface area (Å²) in [5.74, 6) is 0.440. The molecular weight excluding hydrogens is 464 g/mol. The van der Waals surface area contributed by atoms with Gasteiger partial charge in [-0.2, -0.15) is 4.98 Å². The zero-order valence-electron chi connectivity index (χ0n) is 18.3. The molecule has 0 fully saturated rings. The van der Waals surface area contributed by atoms with Gasteiger partial charge in [0.05, 0.1) is 12.1 Å². The first-order chi connectivity index (χ1) is 15.7. The second kappa shape index (κ2) is 8.80. The zero-order valence-corrected chi connectivity index (χ0v) is 19.9. The molecule has 4 rings (SSSR count). The molecule has 0 spiro atoms. The molecule has 1 aromatic carbocycles. The van der Waals surface area contributed by atoms with E-state index in [1.807, 2.05) is 26.0 Å². The van der Waals surface area contributed by atoms with Gasteiger partial charge in [-0.15, -0.1) is 0 Å². The zero-order chi connectivity index (χ0) is 23.8. The van der Waals surface area contributed by atoms with Gasteiger partial charge in [-0.3, -0.25) is 4.72 Å². The third-order valence-corrected chi connectivity index (χ3v) is 6.61. The molecule has 0 unspecified atom stereocenters. The maximum Gasteiger partial charge on any atom is 0.267 e. The highest BCUT2D eigenvalue weighted by Gasteiger charge is 2.22. The van der Waals surface area contributed by atoms with Crippen molar-refractivity contribution in [1.29, 1.82) is 0 Å². The highest BCUT2D eigenvalue weighted by atomic mass is 35.5. The highest BCUT2D eigenvalue weighted by molar-refractivity contribution is 7.92. The first kappa shape index (κ1) is 22.7. The van der Waals surface area contributed by atoms with E-state index in [4.69, 9.17) is 16.3 Å². The quantitative estimate of drug-likeness (QED) is 0.417. The predicted octanol–water partition coefficient (Wildman–Crippen LogP) is 4.21. The molecule has 0 saturated heterocycles. The van der Waals surface area contributed by atoms with E-state index in [0.29, 0.717) is 17.3 Å². The molecule has 0 aliphatic rings. The molecule has 33 heavy (non-hydrogen) atoms. The van der Waals surface area contributed by atoms with Crippen molar-refractivity contribution in [3.8, 4) is 17.0 Å². The number of nitrogens with one attached hydrogen (secondary N) is 2. The average Bonchev–Trinajstić information content (AvgIpc) is 2.79. The maximum atomic E-state index is 13.0. The van der Waals surface area contributed by atoms with Crippen LogP contribution in [0, 0.1) is 13.8 Å². The van der Waals surface area contributed by atoms with Gasteiger partial charge in [-0.25, -0.2) is 23.4 Å². The lowest BCUT2D eigenvalue weighted by Crippen LogP contribution is -2.15. The number of aryl methyl sites for hydroxylation is 2. The highest BCUT2D eigenvalue weighted by Crippen LogP contribution is 2.32. The fourth-order valence-electron chi connectivity index (χ4n) is 3.39. The van der Waals surface area contributed by atoms with Crippen LogP contribution in [0.5, 0.6) is 5.88 Å². The lowest BCUT2D eigenvalue weighted by Gasteiger charge is -2.15. The van der Waals surface area contributed by atoms with Gasteiger partial charge in [0.15, 0.2) is 10.5 Å². The van der Waals surface area contributed by atoms with E-state index in [0.717, 1.165) is 27.8 Å². The number of anilines is 2. The van der Waals surface area contributed by atoms with E-state index < -0.39 is 10.0 Å². The Morgan fingerprint density at radius 1 is 1.00 bits per heavy atom. The largest absolute Gasteiger partial charge is 0.480 e. The van der Waals surface area contributed by atoms with Gasteiger partial charge in [0.2, 0.25) is 11.8 Å². The third kappa shape index (κ3) is 4.53. The van der Waals surface area contributed by atoms with Gasteiger partial charge in [-0.05, 0) is 49.2 Å². The average molecular weight is 485 g/mol. The molecule has 0 radical (unpaired) electrons. The summed E-state index contributed by atoms with van der Waals surface area (Å²) in [6, 6.07) is 8.52. The van der Waals surface area contributed by atoms with Crippen LogP contribution in [0.4, 0.5) is 11.6 Å². The van der Waals surface area contributed by atoms with Crippen molar-refractivity contribution in [2.75, 3.05) is 24.2 Å². The monoisotopic (exact) mass is 484 g/mol. The summed E-state index contributed by atoms with van der Waals surface area (Å²) in [6.45, 7) is 3.83. The summed E-state index contributed by atoms with van der Waals surface area (Å²) in [5.41, 5.74) is 4.34. The molecule has 4 aromatic rings. The van der Waals surface area contributed by atoms with Gasteiger partial charge >= 0.3 is 0 Å². The Labute approximate surface area is 196 Å².